The Bertz CT molecular complexity index is 717. The van der Waals surface area contributed by atoms with Gasteiger partial charge in [-0.1, -0.05) is 0 Å². The Kier molecular flexibility index (Phi) is 4.78. The maximum Gasteiger partial charge on any atom is 0.353 e. The van der Waals surface area contributed by atoms with Crippen LogP contribution in [0.3, 0.4) is 0 Å². The van der Waals surface area contributed by atoms with Gasteiger partial charge in [-0.15, -0.1) is 0 Å². The molecule has 1 aliphatic heterocycles. The quantitative estimate of drug-likeness (QED) is 0.657. The number of carbonyl (C=O) groups excluding carboxylic acids is 1. The van der Waals surface area contributed by atoms with Crippen LogP contribution in [0.25, 0.3) is 0 Å². The SMILES string of the molecule is C[C@H](N)C(=O)N1CCC(c2ccn(S(N)(=O)=O)c2C(=O)O)CC1. The first-order valence-corrected chi connectivity index (χ1v) is 8.65. The third kappa shape index (κ3) is 3.54. The van der Waals surface area contributed by atoms with Gasteiger partial charge in [0, 0.05) is 19.3 Å². The average Bonchev–Trinajstić information content (AvgIpc) is 2.91. The Morgan fingerprint density at radius 3 is 2.35 bits per heavy atom. The summed E-state index contributed by atoms with van der Waals surface area (Å²) < 4.78 is 23.5. The topological polar surface area (TPSA) is 149 Å². The molecule has 0 bridgehead atoms. The number of carboxylic acid groups (broad SMARTS) is 1. The predicted molar refractivity (Wildman–Crippen MR) is 82.1 cm³/mol. The minimum Gasteiger partial charge on any atom is -0.477 e. The lowest BCUT2D eigenvalue weighted by molar-refractivity contribution is -0.133. The van der Waals surface area contributed by atoms with E-state index in [1.807, 2.05) is 0 Å². The van der Waals surface area contributed by atoms with E-state index in [1.54, 1.807) is 11.8 Å². The zero-order valence-corrected chi connectivity index (χ0v) is 13.5. The van der Waals surface area contributed by atoms with Gasteiger partial charge >= 0.3 is 16.2 Å². The third-order valence-corrected chi connectivity index (χ3v) is 4.85. The normalized spacial score (nSPS) is 18.0. The fourth-order valence-electron chi connectivity index (χ4n) is 2.89. The van der Waals surface area contributed by atoms with E-state index < -0.39 is 22.2 Å². The van der Waals surface area contributed by atoms with Crippen molar-refractivity contribution in [3.63, 3.8) is 0 Å². The highest BCUT2D eigenvalue weighted by molar-refractivity contribution is 7.87. The van der Waals surface area contributed by atoms with E-state index in [2.05, 4.69) is 0 Å². The number of rotatable bonds is 4. The number of nitrogens with two attached hydrogens (primary N) is 2. The van der Waals surface area contributed by atoms with Crippen molar-refractivity contribution in [3.8, 4) is 0 Å². The zero-order valence-electron chi connectivity index (χ0n) is 12.7. The number of piperidine rings is 1. The summed E-state index contributed by atoms with van der Waals surface area (Å²) in [5, 5.41) is 14.4. The number of carboxylic acids is 1. The molecule has 0 aromatic carbocycles. The van der Waals surface area contributed by atoms with Crippen molar-refractivity contribution in [2.75, 3.05) is 13.1 Å². The number of hydrogen-bond donors (Lipinski definition) is 3. The molecule has 1 saturated heterocycles. The molecule has 0 spiro atoms. The first-order valence-electron chi connectivity index (χ1n) is 7.15. The molecule has 2 rings (SSSR count). The summed E-state index contributed by atoms with van der Waals surface area (Å²) in [6.45, 7) is 2.51. The van der Waals surface area contributed by atoms with Crippen LogP contribution < -0.4 is 10.9 Å². The van der Waals surface area contributed by atoms with E-state index in [0.717, 1.165) is 6.20 Å². The van der Waals surface area contributed by atoms with E-state index in [1.165, 1.54) is 6.07 Å². The molecule has 1 aliphatic rings. The van der Waals surface area contributed by atoms with Gasteiger partial charge in [-0.25, -0.2) is 13.9 Å². The summed E-state index contributed by atoms with van der Waals surface area (Å²) in [6, 6.07) is 0.881. The summed E-state index contributed by atoms with van der Waals surface area (Å²) in [5.74, 6) is -1.65. The Morgan fingerprint density at radius 1 is 1.35 bits per heavy atom. The minimum atomic E-state index is -4.18. The van der Waals surface area contributed by atoms with E-state index in [-0.39, 0.29) is 17.5 Å². The number of amides is 1. The summed E-state index contributed by atoms with van der Waals surface area (Å²) in [4.78, 5) is 24.9. The van der Waals surface area contributed by atoms with E-state index >= 15 is 0 Å². The van der Waals surface area contributed by atoms with Gasteiger partial charge < -0.3 is 15.7 Å². The fraction of sp³-hybridized carbons (Fsp3) is 0.538. The first-order chi connectivity index (χ1) is 10.6. The van der Waals surface area contributed by atoms with E-state index in [0.29, 0.717) is 35.5 Å². The van der Waals surface area contributed by atoms with E-state index in [9.17, 15) is 23.1 Å². The Morgan fingerprint density at radius 2 is 1.91 bits per heavy atom. The molecule has 5 N–H and O–H groups in total. The highest BCUT2D eigenvalue weighted by Gasteiger charge is 2.30. The number of carbonyl (C=O) groups is 2. The van der Waals surface area contributed by atoms with Gasteiger partial charge in [0.2, 0.25) is 5.91 Å². The van der Waals surface area contributed by atoms with Crippen molar-refractivity contribution in [3.05, 3.63) is 23.5 Å². The lowest BCUT2D eigenvalue weighted by atomic mass is 9.89. The van der Waals surface area contributed by atoms with Crippen molar-refractivity contribution in [2.24, 2.45) is 10.9 Å². The minimum absolute atomic E-state index is 0.149. The number of likely N-dealkylation sites (tertiary alicyclic amines) is 1. The van der Waals surface area contributed by atoms with Crippen LogP contribution in [0.4, 0.5) is 0 Å². The Balaban J connectivity index is 2.24. The Hall–Kier alpha value is -1.91. The summed E-state index contributed by atoms with van der Waals surface area (Å²) in [5.41, 5.74) is 5.65. The molecule has 0 aliphatic carbocycles. The second-order valence-electron chi connectivity index (χ2n) is 5.65. The van der Waals surface area contributed by atoms with Gasteiger partial charge in [-0.3, -0.25) is 4.79 Å². The van der Waals surface area contributed by atoms with Crippen molar-refractivity contribution in [2.45, 2.75) is 31.7 Å². The molecule has 0 unspecified atom stereocenters. The van der Waals surface area contributed by atoms with Crippen LogP contribution in [0.15, 0.2) is 12.3 Å². The predicted octanol–water partition coefficient (Wildman–Crippen LogP) is -0.709. The van der Waals surface area contributed by atoms with Gasteiger partial charge in [0.15, 0.2) is 0 Å². The van der Waals surface area contributed by atoms with Crippen LogP contribution in [-0.4, -0.2) is 53.4 Å². The lowest BCUT2D eigenvalue weighted by Crippen LogP contribution is -2.45. The maximum atomic E-state index is 11.9. The number of aromatic nitrogens is 1. The van der Waals surface area contributed by atoms with Gasteiger partial charge in [0.05, 0.1) is 6.04 Å². The van der Waals surface area contributed by atoms with Crippen molar-refractivity contribution in [1.82, 2.24) is 8.87 Å². The van der Waals surface area contributed by atoms with Gasteiger partial charge in [0.1, 0.15) is 5.69 Å². The molecule has 1 aromatic rings. The van der Waals surface area contributed by atoms with Gasteiger partial charge in [-0.05, 0) is 37.3 Å². The molecule has 128 valence electrons. The highest BCUT2D eigenvalue weighted by atomic mass is 32.2. The molecular weight excluding hydrogens is 324 g/mol. The fourth-order valence-corrected chi connectivity index (χ4v) is 3.56. The van der Waals surface area contributed by atoms with Gasteiger partial charge in [0.25, 0.3) is 0 Å². The van der Waals surface area contributed by atoms with Crippen LogP contribution in [0.2, 0.25) is 0 Å². The molecule has 1 atom stereocenters. The number of aromatic carboxylic acids is 1. The van der Waals surface area contributed by atoms with Gasteiger partial charge in [-0.2, -0.15) is 8.42 Å². The smallest absolute Gasteiger partial charge is 0.353 e. The highest BCUT2D eigenvalue weighted by Crippen LogP contribution is 2.31. The largest absolute Gasteiger partial charge is 0.477 e. The maximum absolute atomic E-state index is 11.9. The number of hydrogen-bond acceptors (Lipinski definition) is 5. The average molecular weight is 344 g/mol. The van der Waals surface area contributed by atoms with Crippen molar-refractivity contribution < 1.29 is 23.1 Å². The molecule has 1 aromatic heterocycles. The molecule has 0 saturated carbocycles. The Labute approximate surface area is 134 Å². The first kappa shape index (κ1) is 17.4. The van der Waals surface area contributed by atoms with Crippen LogP contribution in [-0.2, 0) is 15.0 Å². The monoisotopic (exact) mass is 344 g/mol. The van der Waals surface area contributed by atoms with Crippen LogP contribution in [0.1, 0.15) is 41.7 Å². The molecular formula is C13H20N4O5S. The standard InChI is InChI=1S/C13H20N4O5S/c1-8(14)12(18)16-5-2-9(3-6-16)10-4-7-17(23(15,21)22)11(10)13(19)20/h4,7-9H,2-3,5-6,14H2,1H3,(H,19,20)(H2,15,21,22)/t8-/m0/s1. The molecule has 2 heterocycles. The third-order valence-electron chi connectivity index (χ3n) is 4.00. The molecule has 1 amide bonds. The van der Waals surface area contributed by atoms with E-state index in [4.69, 9.17) is 10.9 Å². The van der Waals surface area contributed by atoms with Crippen LogP contribution in [0, 0.1) is 0 Å². The molecule has 1 fully saturated rings. The summed E-state index contributed by atoms with van der Waals surface area (Å²) in [7, 11) is -4.18. The molecule has 23 heavy (non-hydrogen) atoms. The van der Waals surface area contributed by atoms with Crippen LogP contribution in [0.5, 0.6) is 0 Å². The number of nitrogens with zero attached hydrogens (tertiary/aromatic N) is 2. The molecule has 9 nitrogen and oxygen atoms in total. The summed E-state index contributed by atoms with van der Waals surface area (Å²) >= 11 is 0. The van der Waals surface area contributed by atoms with Crippen LogP contribution >= 0.6 is 0 Å². The lowest BCUT2D eigenvalue weighted by Gasteiger charge is -2.33. The second kappa shape index (κ2) is 6.30. The molecule has 0 radical (unpaired) electrons. The molecule has 10 heteroatoms. The summed E-state index contributed by atoms with van der Waals surface area (Å²) in [6.07, 6.45) is 2.22. The zero-order chi connectivity index (χ0) is 17.4. The van der Waals surface area contributed by atoms with Crippen molar-refractivity contribution >= 4 is 22.1 Å². The second-order valence-corrected chi connectivity index (χ2v) is 7.08. The van der Waals surface area contributed by atoms with Crippen molar-refractivity contribution in [1.29, 1.82) is 0 Å².